The summed E-state index contributed by atoms with van der Waals surface area (Å²) in [6.07, 6.45) is 5.58. The number of nitrogens with zero attached hydrogens (tertiary/aromatic N) is 2. The fraction of sp³-hybridized carbons (Fsp3) is 0.684. The Morgan fingerprint density at radius 1 is 1.33 bits per heavy atom. The molecule has 5 unspecified atom stereocenters. The molecule has 0 aromatic carbocycles. The van der Waals surface area contributed by atoms with Crippen LogP contribution in [0.25, 0.3) is 0 Å². The number of hydrogen-bond donors (Lipinski definition) is 2. The van der Waals surface area contributed by atoms with Crippen molar-refractivity contribution in [3.63, 3.8) is 0 Å². The molecule has 27 heavy (non-hydrogen) atoms. The van der Waals surface area contributed by atoms with Crippen LogP contribution >= 0.6 is 24.8 Å². The molecule has 8 heteroatoms. The van der Waals surface area contributed by atoms with Crippen LogP contribution in [-0.4, -0.2) is 42.7 Å². The molecular formula is C19H30Cl2N4O2. The average Bonchev–Trinajstić information content (AvgIpc) is 3.21. The molecule has 1 aromatic heterocycles. The maximum atomic E-state index is 12.5. The lowest BCUT2D eigenvalue weighted by Gasteiger charge is -2.32. The molecular weight excluding hydrogens is 387 g/mol. The molecule has 1 aromatic rings. The number of anilines is 1. The summed E-state index contributed by atoms with van der Waals surface area (Å²) in [5.74, 6) is 2.13. The molecule has 3 N–H and O–H groups in total. The molecule has 0 radical (unpaired) electrons. The highest BCUT2D eigenvalue weighted by atomic mass is 35.5. The minimum atomic E-state index is 0. The number of pyridine rings is 1. The van der Waals surface area contributed by atoms with E-state index in [0.29, 0.717) is 18.4 Å². The van der Waals surface area contributed by atoms with E-state index in [4.69, 9.17) is 10.5 Å². The van der Waals surface area contributed by atoms with Crippen LogP contribution in [0.15, 0.2) is 18.3 Å². The number of carbonyl (C=O) groups is 1. The van der Waals surface area contributed by atoms with Crippen LogP contribution in [0.1, 0.15) is 31.7 Å². The molecule has 1 saturated heterocycles. The maximum Gasteiger partial charge on any atom is 0.225 e. The van der Waals surface area contributed by atoms with Crippen molar-refractivity contribution in [1.82, 2.24) is 10.3 Å². The molecule has 1 amide bonds. The van der Waals surface area contributed by atoms with Gasteiger partial charge in [0, 0.05) is 31.9 Å². The molecule has 5 atom stereocenters. The third-order valence-corrected chi connectivity index (χ3v) is 6.12. The Hall–Kier alpha value is -1.08. The second-order valence-electron chi connectivity index (χ2n) is 7.81. The highest BCUT2D eigenvalue weighted by molar-refractivity contribution is 5.85. The Morgan fingerprint density at radius 3 is 2.74 bits per heavy atom. The van der Waals surface area contributed by atoms with Crippen molar-refractivity contribution in [2.75, 3.05) is 24.6 Å². The molecule has 3 aliphatic rings. The van der Waals surface area contributed by atoms with Gasteiger partial charge in [-0.2, -0.15) is 0 Å². The zero-order valence-electron chi connectivity index (χ0n) is 15.7. The van der Waals surface area contributed by atoms with E-state index in [1.54, 1.807) is 0 Å². The van der Waals surface area contributed by atoms with Gasteiger partial charge in [-0.1, -0.05) is 6.07 Å². The summed E-state index contributed by atoms with van der Waals surface area (Å²) in [5.41, 5.74) is 7.28. The van der Waals surface area contributed by atoms with Crippen molar-refractivity contribution >= 4 is 36.5 Å². The van der Waals surface area contributed by atoms with Crippen molar-refractivity contribution in [1.29, 1.82) is 0 Å². The summed E-state index contributed by atoms with van der Waals surface area (Å²) in [5, 5.41) is 3.07. The number of carbonyl (C=O) groups excluding carboxylic acids is 1. The first-order chi connectivity index (χ1) is 12.1. The summed E-state index contributed by atoms with van der Waals surface area (Å²) in [7, 11) is 0. The first-order valence-corrected chi connectivity index (χ1v) is 9.46. The van der Waals surface area contributed by atoms with Gasteiger partial charge in [-0.05, 0) is 49.7 Å². The SMILES string of the molecule is CC1CN(c2ccc(CNC(=O)C3C4CCC(C4)C3N)cn2)CCO1.Cl.Cl. The quantitative estimate of drug-likeness (QED) is 0.785. The fourth-order valence-corrected chi connectivity index (χ4v) is 4.77. The first kappa shape index (κ1) is 22.2. The van der Waals surface area contributed by atoms with Crippen molar-refractivity contribution in [2.45, 2.75) is 44.9 Å². The molecule has 152 valence electrons. The highest BCUT2D eigenvalue weighted by Crippen LogP contribution is 2.47. The second kappa shape index (κ2) is 9.41. The standard InChI is InChI=1S/C19H28N4O2.2ClH/c1-12-11-23(6-7-25-12)16-5-2-13(9-21-16)10-22-19(24)17-14-3-4-15(8-14)18(17)20;;/h2,5,9,12,14-15,17-18H,3-4,6-8,10-11,20H2,1H3,(H,22,24);2*1H. The summed E-state index contributed by atoms with van der Waals surface area (Å²) < 4.78 is 5.57. The van der Waals surface area contributed by atoms with Crippen molar-refractivity contribution in [2.24, 2.45) is 23.5 Å². The van der Waals surface area contributed by atoms with E-state index < -0.39 is 0 Å². The molecule has 0 spiro atoms. The van der Waals surface area contributed by atoms with Crippen LogP contribution < -0.4 is 16.0 Å². The molecule has 2 heterocycles. The minimum Gasteiger partial charge on any atom is -0.375 e. The molecule has 2 aliphatic carbocycles. The van der Waals surface area contributed by atoms with Gasteiger partial charge in [0.05, 0.1) is 18.6 Å². The Morgan fingerprint density at radius 2 is 2.11 bits per heavy atom. The average molecular weight is 417 g/mol. The van der Waals surface area contributed by atoms with Gasteiger partial charge in [0.1, 0.15) is 5.82 Å². The van der Waals surface area contributed by atoms with E-state index in [2.05, 4.69) is 22.1 Å². The number of nitrogens with two attached hydrogens (primary N) is 1. The number of rotatable bonds is 4. The van der Waals surface area contributed by atoms with E-state index in [1.807, 2.05) is 18.3 Å². The van der Waals surface area contributed by atoms with Crippen LogP contribution in [0.4, 0.5) is 5.82 Å². The predicted octanol–water partition coefficient (Wildman–Crippen LogP) is 2.14. The van der Waals surface area contributed by atoms with E-state index in [1.165, 1.54) is 6.42 Å². The van der Waals surface area contributed by atoms with Crippen LogP contribution in [-0.2, 0) is 16.1 Å². The summed E-state index contributed by atoms with van der Waals surface area (Å²) in [4.78, 5) is 19.3. The van der Waals surface area contributed by atoms with Gasteiger partial charge in [0.2, 0.25) is 5.91 Å². The number of nitrogens with one attached hydrogen (secondary N) is 1. The Balaban J connectivity index is 0.00000131. The van der Waals surface area contributed by atoms with Crippen LogP contribution in [0, 0.1) is 17.8 Å². The largest absolute Gasteiger partial charge is 0.375 e. The summed E-state index contributed by atoms with van der Waals surface area (Å²) >= 11 is 0. The van der Waals surface area contributed by atoms with Gasteiger partial charge in [-0.15, -0.1) is 24.8 Å². The lowest BCUT2D eigenvalue weighted by atomic mass is 9.84. The number of ether oxygens (including phenoxy) is 1. The molecule has 4 rings (SSSR count). The summed E-state index contributed by atoms with van der Waals surface area (Å²) in [6.45, 7) is 5.08. The number of halogens is 2. The summed E-state index contributed by atoms with van der Waals surface area (Å²) in [6, 6.07) is 4.12. The number of amides is 1. The van der Waals surface area contributed by atoms with E-state index in [-0.39, 0.29) is 48.8 Å². The number of aromatic nitrogens is 1. The highest BCUT2D eigenvalue weighted by Gasteiger charge is 2.48. The monoisotopic (exact) mass is 416 g/mol. The lowest BCUT2D eigenvalue weighted by Crippen LogP contribution is -2.45. The Labute approximate surface area is 173 Å². The van der Waals surface area contributed by atoms with Gasteiger partial charge < -0.3 is 20.7 Å². The second-order valence-corrected chi connectivity index (χ2v) is 7.81. The van der Waals surface area contributed by atoms with Gasteiger partial charge in [-0.25, -0.2) is 4.98 Å². The third kappa shape index (κ3) is 4.67. The fourth-order valence-electron chi connectivity index (χ4n) is 4.77. The lowest BCUT2D eigenvalue weighted by molar-refractivity contribution is -0.127. The third-order valence-electron chi connectivity index (χ3n) is 6.12. The number of hydrogen-bond acceptors (Lipinski definition) is 5. The van der Waals surface area contributed by atoms with Crippen LogP contribution in [0.2, 0.25) is 0 Å². The zero-order valence-corrected chi connectivity index (χ0v) is 17.3. The predicted molar refractivity (Wildman–Crippen MR) is 111 cm³/mol. The van der Waals surface area contributed by atoms with Gasteiger partial charge in [0.25, 0.3) is 0 Å². The van der Waals surface area contributed by atoms with Gasteiger partial charge in [-0.3, -0.25) is 4.79 Å². The minimum absolute atomic E-state index is 0. The van der Waals surface area contributed by atoms with Crippen molar-refractivity contribution in [3.05, 3.63) is 23.9 Å². The Bertz CT molecular complexity index is 629. The van der Waals surface area contributed by atoms with E-state index in [9.17, 15) is 4.79 Å². The van der Waals surface area contributed by atoms with Gasteiger partial charge >= 0.3 is 0 Å². The van der Waals surface area contributed by atoms with Crippen LogP contribution in [0.3, 0.4) is 0 Å². The first-order valence-electron chi connectivity index (χ1n) is 9.46. The normalized spacial score (nSPS) is 31.8. The molecule has 3 fully saturated rings. The van der Waals surface area contributed by atoms with Crippen molar-refractivity contribution < 1.29 is 9.53 Å². The smallest absolute Gasteiger partial charge is 0.225 e. The zero-order chi connectivity index (χ0) is 17.4. The molecule has 2 bridgehead atoms. The molecule has 6 nitrogen and oxygen atoms in total. The maximum absolute atomic E-state index is 12.5. The van der Waals surface area contributed by atoms with E-state index in [0.717, 1.165) is 43.9 Å². The topological polar surface area (TPSA) is 80.5 Å². The number of fused-ring (bicyclic) bond motifs is 2. The molecule has 2 saturated carbocycles. The Kier molecular flexibility index (Phi) is 7.74. The van der Waals surface area contributed by atoms with Gasteiger partial charge in [0.15, 0.2) is 0 Å². The van der Waals surface area contributed by atoms with Crippen molar-refractivity contribution in [3.8, 4) is 0 Å². The van der Waals surface area contributed by atoms with E-state index >= 15 is 0 Å². The molecule has 1 aliphatic heterocycles. The van der Waals surface area contributed by atoms with Crippen LogP contribution in [0.5, 0.6) is 0 Å². The number of morpholine rings is 1.